The zero-order chi connectivity index (χ0) is 18.9. The highest BCUT2D eigenvalue weighted by Crippen LogP contribution is 2.29. The molecule has 0 aromatic heterocycles. The predicted molar refractivity (Wildman–Crippen MR) is 97.7 cm³/mol. The Hall–Kier alpha value is -3.40. The third-order valence-electron chi connectivity index (χ3n) is 3.67. The number of nitrogens with zero attached hydrogens (tertiary/aromatic N) is 1. The van der Waals surface area contributed by atoms with Crippen molar-refractivity contribution in [3.63, 3.8) is 0 Å². The van der Waals surface area contributed by atoms with E-state index >= 15 is 0 Å². The van der Waals surface area contributed by atoms with E-state index in [1.165, 1.54) is 0 Å². The molecule has 2 aromatic rings. The van der Waals surface area contributed by atoms with Crippen LogP contribution in [0.1, 0.15) is 18.5 Å². The van der Waals surface area contributed by atoms with Gasteiger partial charge in [0.05, 0.1) is 20.3 Å². The third kappa shape index (κ3) is 5.05. The number of amides is 2. The predicted octanol–water partition coefficient (Wildman–Crippen LogP) is 3.49. The maximum atomic E-state index is 12.2. The average Bonchev–Trinajstić information content (AvgIpc) is 2.66. The van der Waals surface area contributed by atoms with Crippen molar-refractivity contribution < 1.29 is 19.0 Å². The second-order valence-electron chi connectivity index (χ2n) is 5.40. The molecule has 0 spiro atoms. The van der Waals surface area contributed by atoms with E-state index in [0.717, 1.165) is 5.56 Å². The molecule has 136 valence electrons. The van der Waals surface area contributed by atoms with Gasteiger partial charge in [-0.2, -0.15) is 5.26 Å². The summed E-state index contributed by atoms with van der Waals surface area (Å²) in [5.74, 6) is 1.91. The molecule has 0 aliphatic carbocycles. The lowest BCUT2D eigenvalue weighted by molar-refractivity contribution is 0.249. The van der Waals surface area contributed by atoms with E-state index in [2.05, 4.69) is 10.6 Å². The Bertz CT molecular complexity index is 784. The highest BCUT2D eigenvalue weighted by Gasteiger charge is 2.15. The van der Waals surface area contributed by atoms with Gasteiger partial charge in [-0.15, -0.1) is 0 Å². The maximum absolute atomic E-state index is 12.2. The summed E-state index contributed by atoms with van der Waals surface area (Å²) in [5.41, 5.74) is 1.42. The Morgan fingerprint density at radius 2 is 1.81 bits per heavy atom. The fourth-order valence-electron chi connectivity index (χ4n) is 2.37. The van der Waals surface area contributed by atoms with E-state index in [9.17, 15) is 4.79 Å². The zero-order valence-corrected chi connectivity index (χ0v) is 14.9. The van der Waals surface area contributed by atoms with Crippen LogP contribution in [0.3, 0.4) is 0 Å². The largest absolute Gasteiger partial charge is 0.497 e. The van der Waals surface area contributed by atoms with Crippen LogP contribution in [0.5, 0.6) is 17.2 Å². The van der Waals surface area contributed by atoms with Gasteiger partial charge in [-0.3, -0.25) is 0 Å². The minimum absolute atomic E-state index is 0.0207. The van der Waals surface area contributed by atoms with Crippen molar-refractivity contribution in [2.24, 2.45) is 0 Å². The second-order valence-corrected chi connectivity index (χ2v) is 5.40. The van der Waals surface area contributed by atoms with E-state index in [4.69, 9.17) is 19.5 Å². The molecular formula is C19H21N3O4. The van der Waals surface area contributed by atoms with E-state index in [0.29, 0.717) is 22.9 Å². The molecule has 0 aliphatic heterocycles. The van der Waals surface area contributed by atoms with Crippen LogP contribution >= 0.6 is 0 Å². The Balaban J connectivity index is 2.00. The lowest BCUT2D eigenvalue weighted by Crippen LogP contribution is -2.31. The molecule has 0 radical (unpaired) electrons. The fourth-order valence-corrected chi connectivity index (χ4v) is 2.37. The van der Waals surface area contributed by atoms with Crippen molar-refractivity contribution in [3.05, 3.63) is 48.0 Å². The van der Waals surface area contributed by atoms with Crippen molar-refractivity contribution in [3.8, 4) is 23.3 Å². The van der Waals surface area contributed by atoms with Crippen molar-refractivity contribution in [1.29, 1.82) is 5.26 Å². The number of benzene rings is 2. The number of rotatable bonds is 7. The van der Waals surface area contributed by atoms with Crippen LogP contribution in [0.2, 0.25) is 0 Å². The van der Waals surface area contributed by atoms with Crippen LogP contribution in [0.25, 0.3) is 0 Å². The summed E-state index contributed by atoms with van der Waals surface area (Å²) in [4.78, 5) is 12.2. The first kappa shape index (κ1) is 18.9. The molecule has 2 aromatic carbocycles. The number of hydrogen-bond donors (Lipinski definition) is 2. The topological polar surface area (TPSA) is 92.6 Å². The van der Waals surface area contributed by atoms with Gasteiger partial charge in [0.1, 0.15) is 23.3 Å². The highest BCUT2D eigenvalue weighted by atomic mass is 16.5. The van der Waals surface area contributed by atoms with Crippen molar-refractivity contribution in [2.75, 3.05) is 26.1 Å². The van der Waals surface area contributed by atoms with Gasteiger partial charge in [-0.25, -0.2) is 4.79 Å². The van der Waals surface area contributed by atoms with Gasteiger partial charge in [0, 0.05) is 11.3 Å². The molecule has 0 bridgehead atoms. The lowest BCUT2D eigenvalue weighted by Gasteiger charge is -2.18. The molecule has 2 N–H and O–H groups in total. The average molecular weight is 355 g/mol. The molecule has 2 amide bonds. The van der Waals surface area contributed by atoms with Gasteiger partial charge >= 0.3 is 6.03 Å². The molecule has 0 fully saturated rings. The van der Waals surface area contributed by atoms with Crippen LogP contribution in [-0.2, 0) is 0 Å². The van der Waals surface area contributed by atoms with Crippen LogP contribution in [0.15, 0.2) is 42.5 Å². The number of nitrogens with one attached hydrogen (secondary N) is 2. The highest BCUT2D eigenvalue weighted by molar-refractivity contribution is 5.89. The number of methoxy groups -OCH3 is 2. The minimum Gasteiger partial charge on any atom is -0.497 e. The first-order valence-corrected chi connectivity index (χ1v) is 7.96. The minimum atomic E-state index is -0.354. The number of hydrogen-bond acceptors (Lipinski definition) is 5. The molecule has 0 saturated carbocycles. The van der Waals surface area contributed by atoms with Gasteiger partial charge < -0.3 is 24.8 Å². The molecule has 0 saturated heterocycles. The Kier molecular flexibility index (Phi) is 6.68. The maximum Gasteiger partial charge on any atom is 0.319 e. The van der Waals surface area contributed by atoms with Gasteiger partial charge in [0.15, 0.2) is 6.61 Å². The number of urea groups is 1. The molecule has 7 nitrogen and oxygen atoms in total. The SMILES string of the molecule is COc1ccc(OC)c(C(C)NC(=O)Nc2ccc(OCC#N)cc2)c1. The monoisotopic (exact) mass is 355 g/mol. The molecule has 1 atom stereocenters. The fraction of sp³-hybridized carbons (Fsp3) is 0.263. The van der Waals surface area contributed by atoms with Crippen LogP contribution < -0.4 is 24.8 Å². The first-order valence-electron chi connectivity index (χ1n) is 7.96. The summed E-state index contributed by atoms with van der Waals surface area (Å²) >= 11 is 0. The molecule has 2 rings (SSSR count). The van der Waals surface area contributed by atoms with Gasteiger partial charge in [-0.1, -0.05) is 0 Å². The Morgan fingerprint density at radius 1 is 1.12 bits per heavy atom. The number of ether oxygens (including phenoxy) is 3. The molecular weight excluding hydrogens is 334 g/mol. The molecule has 0 aliphatic rings. The van der Waals surface area contributed by atoms with Crippen LogP contribution in [0, 0.1) is 11.3 Å². The second kappa shape index (κ2) is 9.18. The molecule has 7 heteroatoms. The number of nitriles is 1. The third-order valence-corrected chi connectivity index (χ3v) is 3.67. The van der Waals surface area contributed by atoms with Gasteiger partial charge in [-0.05, 0) is 49.4 Å². The summed E-state index contributed by atoms with van der Waals surface area (Å²) in [7, 11) is 3.16. The standard InChI is InChI=1S/C19H21N3O4/c1-13(17-12-16(24-2)8-9-18(17)25-3)21-19(23)22-14-4-6-15(7-5-14)26-11-10-20/h4-9,12-13H,11H2,1-3H3,(H2,21,22,23). The zero-order valence-electron chi connectivity index (χ0n) is 14.9. The number of carbonyl (C=O) groups is 1. The summed E-state index contributed by atoms with van der Waals surface area (Å²) in [6.45, 7) is 1.84. The molecule has 0 heterocycles. The Morgan fingerprint density at radius 3 is 2.42 bits per heavy atom. The number of carbonyl (C=O) groups excluding carboxylic acids is 1. The van der Waals surface area contributed by atoms with Crippen molar-refractivity contribution >= 4 is 11.7 Å². The summed E-state index contributed by atoms with van der Waals surface area (Å²) in [5, 5.41) is 14.1. The van der Waals surface area contributed by atoms with E-state index in [-0.39, 0.29) is 18.7 Å². The smallest absolute Gasteiger partial charge is 0.319 e. The normalized spacial score (nSPS) is 11.0. The van der Waals surface area contributed by atoms with Gasteiger partial charge in [0.2, 0.25) is 0 Å². The summed E-state index contributed by atoms with van der Waals surface area (Å²) < 4.78 is 15.7. The number of anilines is 1. The van der Waals surface area contributed by atoms with Crippen molar-refractivity contribution in [2.45, 2.75) is 13.0 Å². The molecule has 1 unspecified atom stereocenters. The van der Waals surface area contributed by atoms with E-state index in [1.807, 2.05) is 19.1 Å². The van der Waals surface area contributed by atoms with E-state index < -0.39 is 0 Å². The quantitative estimate of drug-likeness (QED) is 0.793. The van der Waals surface area contributed by atoms with E-state index in [1.54, 1.807) is 50.6 Å². The summed E-state index contributed by atoms with van der Waals surface area (Å²) in [6, 6.07) is 13.4. The van der Waals surface area contributed by atoms with Crippen molar-refractivity contribution in [1.82, 2.24) is 5.32 Å². The Labute approximate surface area is 152 Å². The summed E-state index contributed by atoms with van der Waals surface area (Å²) in [6.07, 6.45) is 0. The lowest BCUT2D eigenvalue weighted by atomic mass is 10.1. The van der Waals surface area contributed by atoms with Crippen LogP contribution in [-0.4, -0.2) is 26.9 Å². The first-order chi connectivity index (χ1) is 12.6. The molecule has 26 heavy (non-hydrogen) atoms. The van der Waals surface area contributed by atoms with Gasteiger partial charge in [0.25, 0.3) is 0 Å². The van der Waals surface area contributed by atoms with Crippen LogP contribution in [0.4, 0.5) is 10.5 Å².